The fourth-order valence-electron chi connectivity index (χ4n) is 1.83. The molecule has 1 aromatic carbocycles. The van der Waals surface area contributed by atoms with Gasteiger partial charge in [-0.25, -0.2) is 0 Å². The van der Waals surface area contributed by atoms with E-state index in [2.05, 4.69) is 15.5 Å². The van der Waals surface area contributed by atoms with Gasteiger partial charge in [-0.1, -0.05) is 17.7 Å². The van der Waals surface area contributed by atoms with Crippen LogP contribution in [-0.4, -0.2) is 20.7 Å². The standard InChI is InChI=1S/C13H15ClN4OS/c1-3-18-11(16-17-13(18)20)7-12(19)15-9-5-4-8(2)10(14)6-9/h4-6H,3,7H2,1-2H3,(H,15,19)(H,17,20). The number of nitrogens with zero attached hydrogens (tertiary/aromatic N) is 2. The van der Waals surface area contributed by atoms with E-state index in [-0.39, 0.29) is 12.3 Å². The highest BCUT2D eigenvalue weighted by atomic mass is 35.5. The first-order valence-corrected chi connectivity index (χ1v) is 7.00. The molecule has 2 N–H and O–H groups in total. The van der Waals surface area contributed by atoms with Gasteiger partial charge in [-0.2, -0.15) is 5.10 Å². The molecule has 0 unspecified atom stereocenters. The van der Waals surface area contributed by atoms with Crippen LogP contribution in [0.2, 0.25) is 5.02 Å². The first-order valence-electron chi connectivity index (χ1n) is 6.21. The summed E-state index contributed by atoms with van der Waals surface area (Å²) in [6.45, 7) is 4.54. The van der Waals surface area contributed by atoms with Crippen molar-refractivity contribution >= 4 is 35.4 Å². The second kappa shape index (κ2) is 6.19. The molecule has 20 heavy (non-hydrogen) atoms. The minimum atomic E-state index is -0.159. The molecule has 2 aromatic rings. The van der Waals surface area contributed by atoms with Gasteiger partial charge in [0.1, 0.15) is 5.82 Å². The van der Waals surface area contributed by atoms with Crippen molar-refractivity contribution in [3.63, 3.8) is 0 Å². The van der Waals surface area contributed by atoms with E-state index in [0.717, 1.165) is 5.56 Å². The number of amides is 1. The molecule has 0 fully saturated rings. The highest BCUT2D eigenvalue weighted by Gasteiger charge is 2.11. The second-order valence-electron chi connectivity index (χ2n) is 4.38. The topological polar surface area (TPSA) is 62.7 Å². The van der Waals surface area contributed by atoms with Gasteiger partial charge in [-0.15, -0.1) is 0 Å². The number of nitrogens with one attached hydrogen (secondary N) is 2. The summed E-state index contributed by atoms with van der Waals surface area (Å²) in [6.07, 6.45) is 0.159. The van der Waals surface area contributed by atoms with E-state index >= 15 is 0 Å². The molecular formula is C13H15ClN4OS. The number of aromatic amines is 1. The Bertz CT molecular complexity index is 692. The normalized spacial score (nSPS) is 10.6. The number of benzene rings is 1. The van der Waals surface area contributed by atoms with Gasteiger partial charge in [-0.05, 0) is 43.8 Å². The number of hydrogen-bond donors (Lipinski definition) is 2. The monoisotopic (exact) mass is 310 g/mol. The maximum atomic E-state index is 12.0. The molecule has 1 amide bonds. The van der Waals surface area contributed by atoms with Crippen LogP contribution in [0.1, 0.15) is 18.3 Å². The number of H-pyrrole nitrogens is 1. The Hall–Kier alpha value is -1.66. The maximum absolute atomic E-state index is 12.0. The Morgan fingerprint density at radius 2 is 2.30 bits per heavy atom. The number of anilines is 1. The number of carbonyl (C=O) groups excluding carboxylic acids is 1. The van der Waals surface area contributed by atoms with Crippen molar-refractivity contribution in [1.29, 1.82) is 0 Å². The lowest BCUT2D eigenvalue weighted by molar-refractivity contribution is -0.115. The van der Waals surface area contributed by atoms with Crippen LogP contribution >= 0.6 is 23.8 Å². The molecule has 0 bridgehead atoms. The summed E-state index contributed by atoms with van der Waals surface area (Å²) in [6, 6.07) is 5.40. The van der Waals surface area contributed by atoms with Crippen LogP contribution < -0.4 is 5.32 Å². The lowest BCUT2D eigenvalue weighted by Crippen LogP contribution is -2.17. The smallest absolute Gasteiger partial charge is 0.232 e. The number of hydrogen-bond acceptors (Lipinski definition) is 3. The molecule has 2 rings (SSSR count). The molecule has 0 saturated heterocycles. The second-order valence-corrected chi connectivity index (χ2v) is 5.17. The van der Waals surface area contributed by atoms with Crippen molar-refractivity contribution in [3.8, 4) is 0 Å². The average Bonchev–Trinajstić information content (AvgIpc) is 2.74. The first kappa shape index (κ1) is 14.7. The summed E-state index contributed by atoms with van der Waals surface area (Å²) in [7, 11) is 0. The predicted octanol–water partition coefficient (Wildman–Crippen LogP) is 3.10. The third-order valence-electron chi connectivity index (χ3n) is 2.93. The van der Waals surface area contributed by atoms with Crippen LogP contribution in [0, 0.1) is 11.7 Å². The van der Waals surface area contributed by atoms with E-state index in [9.17, 15) is 4.79 Å². The molecule has 0 radical (unpaired) electrons. The lowest BCUT2D eigenvalue weighted by Gasteiger charge is -2.07. The molecule has 0 saturated carbocycles. The molecule has 0 atom stereocenters. The van der Waals surface area contributed by atoms with Crippen LogP contribution in [-0.2, 0) is 17.8 Å². The largest absolute Gasteiger partial charge is 0.326 e. The van der Waals surface area contributed by atoms with Crippen molar-refractivity contribution in [2.24, 2.45) is 0 Å². The highest BCUT2D eigenvalue weighted by Crippen LogP contribution is 2.20. The fraction of sp³-hybridized carbons (Fsp3) is 0.308. The molecule has 7 heteroatoms. The number of aromatic nitrogens is 3. The van der Waals surface area contributed by atoms with Gasteiger partial charge in [0.25, 0.3) is 0 Å². The van der Waals surface area contributed by atoms with E-state index < -0.39 is 0 Å². The molecule has 1 aromatic heterocycles. The van der Waals surface area contributed by atoms with Crippen LogP contribution in [0.25, 0.3) is 0 Å². The van der Waals surface area contributed by atoms with Gasteiger partial charge in [0.2, 0.25) is 5.91 Å². The molecule has 0 aliphatic rings. The molecule has 5 nitrogen and oxygen atoms in total. The predicted molar refractivity (Wildman–Crippen MR) is 81.6 cm³/mol. The molecule has 0 aliphatic carbocycles. The van der Waals surface area contributed by atoms with Crippen molar-refractivity contribution in [3.05, 3.63) is 39.4 Å². The number of halogens is 1. The van der Waals surface area contributed by atoms with Crippen molar-refractivity contribution in [2.75, 3.05) is 5.32 Å². The van der Waals surface area contributed by atoms with Gasteiger partial charge in [0, 0.05) is 17.3 Å². The Kier molecular flexibility index (Phi) is 4.57. The molecular weight excluding hydrogens is 296 g/mol. The molecule has 0 aliphatic heterocycles. The van der Waals surface area contributed by atoms with Gasteiger partial charge in [-0.3, -0.25) is 9.89 Å². The highest BCUT2D eigenvalue weighted by molar-refractivity contribution is 7.71. The summed E-state index contributed by atoms with van der Waals surface area (Å²) in [5.74, 6) is 0.460. The summed E-state index contributed by atoms with van der Waals surface area (Å²) in [5, 5.41) is 10.2. The molecule has 1 heterocycles. The maximum Gasteiger partial charge on any atom is 0.232 e. The minimum absolute atomic E-state index is 0.159. The Morgan fingerprint density at radius 3 is 2.95 bits per heavy atom. The van der Waals surface area contributed by atoms with Crippen molar-refractivity contribution in [1.82, 2.24) is 14.8 Å². The molecule has 0 spiro atoms. The summed E-state index contributed by atoms with van der Waals surface area (Å²) in [4.78, 5) is 12.0. The van der Waals surface area contributed by atoms with Gasteiger partial charge in [0.05, 0.1) is 6.42 Å². The quantitative estimate of drug-likeness (QED) is 0.853. The SMILES string of the molecule is CCn1c(CC(=O)Nc2ccc(C)c(Cl)c2)n[nH]c1=S. The van der Waals surface area contributed by atoms with E-state index in [1.165, 1.54) is 0 Å². The van der Waals surface area contributed by atoms with Crippen LogP contribution in [0.4, 0.5) is 5.69 Å². The average molecular weight is 311 g/mol. The Balaban J connectivity index is 2.09. The summed E-state index contributed by atoms with van der Waals surface area (Å²) < 4.78 is 2.31. The zero-order valence-electron chi connectivity index (χ0n) is 11.2. The van der Waals surface area contributed by atoms with E-state index in [1.807, 2.05) is 26.0 Å². The van der Waals surface area contributed by atoms with E-state index in [4.69, 9.17) is 23.8 Å². The zero-order chi connectivity index (χ0) is 14.7. The first-order chi connectivity index (χ1) is 9.51. The van der Waals surface area contributed by atoms with Crippen molar-refractivity contribution < 1.29 is 4.79 Å². The molecule has 106 valence electrons. The number of aryl methyl sites for hydroxylation is 1. The van der Waals surface area contributed by atoms with Gasteiger partial charge < -0.3 is 9.88 Å². The van der Waals surface area contributed by atoms with Crippen molar-refractivity contribution in [2.45, 2.75) is 26.8 Å². The Morgan fingerprint density at radius 1 is 1.55 bits per heavy atom. The van der Waals surface area contributed by atoms with Gasteiger partial charge >= 0.3 is 0 Å². The summed E-state index contributed by atoms with van der Waals surface area (Å²) in [5.41, 5.74) is 1.64. The van der Waals surface area contributed by atoms with E-state index in [0.29, 0.717) is 27.9 Å². The van der Waals surface area contributed by atoms with Gasteiger partial charge in [0.15, 0.2) is 4.77 Å². The van der Waals surface area contributed by atoms with E-state index in [1.54, 1.807) is 10.6 Å². The fourth-order valence-corrected chi connectivity index (χ4v) is 2.29. The third kappa shape index (κ3) is 3.26. The third-order valence-corrected chi connectivity index (χ3v) is 3.65. The number of carbonyl (C=O) groups is 1. The van der Waals surface area contributed by atoms with Crippen LogP contribution in [0.5, 0.6) is 0 Å². The van der Waals surface area contributed by atoms with Crippen LogP contribution in [0.15, 0.2) is 18.2 Å². The van der Waals surface area contributed by atoms with Crippen LogP contribution in [0.3, 0.4) is 0 Å². The lowest BCUT2D eigenvalue weighted by atomic mass is 10.2. The Labute approximate surface area is 127 Å². The zero-order valence-corrected chi connectivity index (χ0v) is 12.8. The minimum Gasteiger partial charge on any atom is -0.326 e. The number of rotatable bonds is 4. The summed E-state index contributed by atoms with van der Waals surface area (Å²) >= 11 is 11.1.